The van der Waals surface area contributed by atoms with E-state index < -0.39 is 0 Å². The highest BCUT2D eigenvalue weighted by atomic mass is 79.9. The number of rotatable bonds is 7. The molecule has 4 rings (SSSR count). The maximum atomic E-state index is 13.1. The normalized spacial score (nSPS) is 13.9. The van der Waals surface area contributed by atoms with Gasteiger partial charge in [-0.3, -0.25) is 9.69 Å². The van der Waals surface area contributed by atoms with Crippen LogP contribution in [0.4, 0.5) is 15.0 Å². The van der Waals surface area contributed by atoms with E-state index in [9.17, 15) is 14.0 Å². The third-order valence-corrected chi connectivity index (χ3v) is 5.23. The lowest BCUT2D eigenvalue weighted by Crippen LogP contribution is -2.32. The summed E-state index contributed by atoms with van der Waals surface area (Å²) in [5, 5.41) is 3.74. The summed E-state index contributed by atoms with van der Waals surface area (Å²) in [6.07, 6.45) is 2.22. The number of nitrogens with zero attached hydrogens (tertiary/aromatic N) is 4. The average Bonchev–Trinajstić information content (AvgIpc) is 3.33. The molecule has 9 heteroatoms. The van der Waals surface area contributed by atoms with Gasteiger partial charge in [0.2, 0.25) is 0 Å². The first-order valence-corrected chi connectivity index (χ1v) is 10.2. The summed E-state index contributed by atoms with van der Waals surface area (Å²) in [7, 11) is 0. The van der Waals surface area contributed by atoms with Crippen LogP contribution in [0.2, 0.25) is 0 Å². The first-order chi connectivity index (χ1) is 14.5. The van der Waals surface area contributed by atoms with Crippen molar-refractivity contribution in [1.82, 2.24) is 15.0 Å². The van der Waals surface area contributed by atoms with Crippen molar-refractivity contribution in [3.8, 4) is 0 Å². The minimum atomic E-state index is -0.310. The van der Waals surface area contributed by atoms with Crippen LogP contribution >= 0.6 is 15.9 Å². The number of hydrogen-bond acceptors (Lipinski definition) is 5. The Labute approximate surface area is 180 Å². The van der Waals surface area contributed by atoms with Gasteiger partial charge in [-0.2, -0.15) is 0 Å². The predicted octanol–water partition coefficient (Wildman–Crippen LogP) is 4.23. The number of carbonyl (C=O) groups is 2. The van der Waals surface area contributed by atoms with E-state index in [1.165, 1.54) is 18.3 Å². The molecule has 1 aliphatic heterocycles. The first kappa shape index (κ1) is 20.2. The number of aromatic nitrogens is 2. The maximum absolute atomic E-state index is 13.1. The van der Waals surface area contributed by atoms with Gasteiger partial charge in [-0.15, -0.1) is 0 Å². The summed E-state index contributed by atoms with van der Waals surface area (Å²) in [6, 6.07) is 10.9. The van der Waals surface area contributed by atoms with Gasteiger partial charge < -0.3 is 9.42 Å². The van der Waals surface area contributed by atoms with Gasteiger partial charge in [-0.1, -0.05) is 17.3 Å². The van der Waals surface area contributed by atoms with Crippen LogP contribution in [-0.4, -0.2) is 39.9 Å². The minimum Gasteiger partial charge on any atom is -0.360 e. The Morgan fingerprint density at radius 2 is 1.97 bits per heavy atom. The van der Waals surface area contributed by atoms with Gasteiger partial charge in [0.05, 0.1) is 0 Å². The number of Topliss-reactive ketones (excluding diaryl/α,β-unsaturated/α-hetero) is 1. The van der Waals surface area contributed by atoms with Crippen molar-refractivity contribution in [3.63, 3.8) is 0 Å². The third-order valence-electron chi connectivity index (χ3n) is 4.85. The van der Waals surface area contributed by atoms with E-state index in [0.717, 1.165) is 5.56 Å². The highest BCUT2D eigenvalue weighted by Crippen LogP contribution is 2.22. The van der Waals surface area contributed by atoms with E-state index in [0.29, 0.717) is 47.8 Å². The largest absolute Gasteiger partial charge is 0.360 e. The van der Waals surface area contributed by atoms with Gasteiger partial charge in [0.25, 0.3) is 0 Å². The Morgan fingerprint density at radius 3 is 2.70 bits per heavy atom. The molecule has 1 fully saturated rings. The minimum absolute atomic E-state index is 0.0685. The molecule has 0 aliphatic carbocycles. The monoisotopic (exact) mass is 472 g/mol. The lowest BCUT2D eigenvalue weighted by atomic mass is 10.1. The molecular formula is C21H18BrFN4O3. The van der Waals surface area contributed by atoms with Crippen molar-refractivity contribution < 1.29 is 18.5 Å². The van der Waals surface area contributed by atoms with Gasteiger partial charge in [-0.05, 0) is 45.8 Å². The molecule has 2 aromatic heterocycles. The van der Waals surface area contributed by atoms with Crippen molar-refractivity contribution >= 4 is 33.6 Å². The number of halogens is 2. The van der Waals surface area contributed by atoms with E-state index in [2.05, 4.69) is 26.1 Å². The topological polar surface area (TPSA) is 79.5 Å². The lowest BCUT2D eigenvalue weighted by Gasteiger charge is -2.18. The summed E-state index contributed by atoms with van der Waals surface area (Å²) >= 11 is 3.21. The van der Waals surface area contributed by atoms with Crippen molar-refractivity contribution in [3.05, 3.63) is 76.0 Å². The van der Waals surface area contributed by atoms with E-state index in [4.69, 9.17) is 4.52 Å². The van der Waals surface area contributed by atoms with Gasteiger partial charge in [-0.25, -0.2) is 14.2 Å². The van der Waals surface area contributed by atoms with Gasteiger partial charge in [0.1, 0.15) is 22.0 Å². The molecule has 3 heterocycles. The second-order valence-corrected chi connectivity index (χ2v) is 7.74. The van der Waals surface area contributed by atoms with Crippen LogP contribution in [0.1, 0.15) is 28.1 Å². The van der Waals surface area contributed by atoms with E-state index >= 15 is 0 Å². The summed E-state index contributed by atoms with van der Waals surface area (Å²) in [5.41, 5.74) is 1.34. The highest BCUT2D eigenvalue weighted by Gasteiger charge is 2.30. The summed E-state index contributed by atoms with van der Waals surface area (Å²) in [4.78, 5) is 32.9. The second kappa shape index (κ2) is 8.74. The zero-order valence-electron chi connectivity index (χ0n) is 15.9. The van der Waals surface area contributed by atoms with Crippen molar-refractivity contribution in [2.45, 2.75) is 19.4 Å². The molecule has 3 aromatic rings. The molecule has 0 spiro atoms. The number of anilines is 1. The molecule has 1 saturated heterocycles. The number of ketones is 1. The number of urea groups is 1. The maximum Gasteiger partial charge on any atom is 0.326 e. The molecule has 0 radical (unpaired) electrons. The Kier molecular flexibility index (Phi) is 5.89. The molecule has 7 nitrogen and oxygen atoms in total. The van der Waals surface area contributed by atoms with Crippen LogP contribution in [0.25, 0.3) is 0 Å². The van der Waals surface area contributed by atoms with Crippen LogP contribution < -0.4 is 4.90 Å². The van der Waals surface area contributed by atoms with Crippen molar-refractivity contribution in [2.75, 3.05) is 18.0 Å². The number of amides is 2. The average molecular weight is 473 g/mol. The molecule has 1 aliphatic rings. The number of aryl methyl sites for hydroxylation is 1. The smallest absolute Gasteiger partial charge is 0.326 e. The molecule has 0 atom stereocenters. The molecule has 0 unspecified atom stereocenters. The molecule has 30 heavy (non-hydrogen) atoms. The standard InChI is InChI=1S/C21H18BrFN4O3/c22-19-12-17(30-25-19)5-6-18(28)15-7-8-24-20(11-15)27-10-9-26(21(27)29)13-14-1-3-16(23)4-2-14/h1-4,7-8,11-12H,5-6,9-10,13H2. The number of benzene rings is 1. The molecule has 0 N–H and O–H groups in total. The molecule has 1 aromatic carbocycles. The van der Waals surface area contributed by atoms with Crippen LogP contribution in [0.5, 0.6) is 0 Å². The number of carbonyl (C=O) groups excluding carboxylic acids is 2. The fourth-order valence-electron chi connectivity index (χ4n) is 3.28. The first-order valence-electron chi connectivity index (χ1n) is 9.41. The molecular weight excluding hydrogens is 455 g/mol. The van der Waals surface area contributed by atoms with Crippen LogP contribution in [0.15, 0.2) is 57.8 Å². The SMILES string of the molecule is O=C(CCc1cc(Br)no1)c1ccnc(N2CCN(Cc3ccc(F)cc3)C2=O)c1. The number of pyridine rings is 1. The Hall–Kier alpha value is -3.07. The van der Waals surface area contributed by atoms with Crippen molar-refractivity contribution in [2.24, 2.45) is 0 Å². The molecule has 0 saturated carbocycles. The van der Waals surface area contributed by atoms with Gasteiger partial charge in [0.15, 0.2) is 5.78 Å². The Morgan fingerprint density at radius 1 is 1.17 bits per heavy atom. The second-order valence-electron chi connectivity index (χ2n) is 6.92. The number of hydrogen-bond donors (Lipinski definition) is 0. The fourth-order valence-corrected chi connectivity index (χ4v) is 3.61. The van der Waals surface area contributed by atoms with Gasteiger partial charge in [0, 0.05) is 50.3 Å². The van der Waals surface area contributed by atoms with E-state index in [1.807, 2.05) is 0 Å². The molecule has 0 bridgehead atoms. The van der Waals surface area contributed by atoms with E-state index in [1.54, 1.807) is 40.1 Å². The van der Waals surface area contributed by atoms with Crippen LogP contribution in [0.3, 0.4) is 0 Å². The quantitative estimate of drug-likeness (QED) is 0.480. The Balaban J connectivity index is 1.41. The zero-order chi connectivity index (χ0) is 21.1. The van der Waals surface area contributed by atoms with E-state index in [-0.39, 0.29) is 24.1 Å². The Bertz CT molecular complexity index is 1070. The summed E-state index contributed by atoms with van der Waals surface area (Å²) in [6.45, 7) is 1.38. The van der Waals surface area contributed by atoms with Crippen LogP contribution in [-0.2, 0) is 13.0 Å². The third kappa shape index (κ3) is 4.56. The summed E-state index contributed by atoms with van der Waals surface area (Å²) in [5.74, 6) is 0.682. The predicted molar refractivity (Wildman–Crippen MR) is 111 cm³/mol. The molecule has 2 amide bonds. The van der Waals surface area contributed by atoms with Crippen LogP contribution in [0, 0.1) is 5.82 Å². The molecule has 154 valence electrons. The van der Waals surface area contributed by atoms with Gasteiger partial charge >= 0.3 is 6.03 Å². The highest BCUT2D eigenvalue weighted by molar-refractivity contribution is 9.10. The zero-order valence-corrected chi connectivity index (χ0v) is 17.5. The lowest BCUT2D eigenvalue weighted by molar-refractivity contribution is 0.0980. The van der Waals surface area contributed by atoms with Crippen molar-refractivity contribution in [1.29, 1.82) is 0 Å². The fraction of sp³-hybridized carbons (Fsp3) is 0.238. The summed E-state index contributed by atoms with van der Waals surface area (Å²) < 4.78 is 18.8.